The van der Waals surface area contributed by atoms with Crippen LogP contribution in [-0.2, 0) is 10.1 Å². The summed E-state index contributed by atoms with van der Waals surface area (Å²) in [5.41, 5.74) is 0.928. The molecule has 1 N–H and O–H groups in total. The summed E-state index contributed by atoms with van der Waals surface area (Å²) < 4.78 is 32.3. The molecule has 1 atom stereocenters. The molecule has 0 aliphatic rings. The highest BCUT2D eigenvalue weighted by atomic mass is 32.2. The molecule has 1 unspecified atom stereocenters. The van der Waals surface area contributed by atoms with E-state index in [2.05, 4.69) is 20.8 Å². The molecule has 0 radical (unpaired) electrons. The smallest absolute Gasteiger partial charge is 0.124 e. The van der Waals surface area contributed by atoms with Crippen LogP contribution >= 0.6 is 0 Å². The molecule has 0 bridgehead atoms. The van der Waals surface area contributed by atoms with E-state index >= 15 is 0 Å². The lowest BCUT2D eigenvalue weighted by molar-refractivity contribution is -0.929. The van der Waals surface area contributed by atoms with Crippen LogP contribution in [0.5, 0.6) is 0 Å². The molecule has 0 saturated heterocycles. The van der Waals surface area contributed by atoms with Crippen molar-refractivity contribution in [2.45, 2.75) is 90.4 Å². The molecule has 0 amide bonds. The first kappa shape index (κ1) is 29.1. The SMILES string of the molecule is CCCCCC[N+](CCO)(CCCC)CCCCC.Cc1ccc(S(=O)(=O)[O-])cc1. The van der Waals surface area contributed by atoms with E-state index in [0.717, 1.165) is 12.1 Å². The summed E-state index contributed by atoms with van der Waals surface area (Å²) in [5, 5.41) is 9.44. The molecule has 5 nitrogen and oxygen atoms in total. The maximum atomic E-state index is 10.4. The summed E-state index contributed by atoms with van der Waals surface area (Å²) in [6, 6.07) is 5.78. The molecular weight excluding hydrogens is 398 g/mol. The van der Waals surface area contributed by atoms with Crippen LogP contribution < -0.4 is 0 Å². The number of nitrogens with zero attached hydrogens (tertiary/aromatic N) is 1. The number of aliphatic hydroxyl groups excluding tert-OH is 1. The van der Waals surface area contributed by atoms with Gasteiger partial charge in [-0.1, -0.05) is 64.2 Å². The Morgan fingerprint density at radius 1 is 0.767 bits per heavy atom. The molecule has 0 aliphatic heterocycles. The first-order chi connectivity index (χ1) is 14.2. The third-order valence-electron chi connectivity index (χ3n) is 5.59. The molecule has 1 rings (SSSR count). The van der Waals surface area contributed by atoms with E-state index in [1.165, 1.54) is 94.0 Å². The maximum absolute atomic E-state index is 10.4. The maximum Gasteiger partial charge on any atom is 0.124 e. The third kappa shape index (κ3) is 13.4. The van der Waals surface area contributed by atoms with Gasteiger partial charge in [0, 0.05) is 0 Å². The highest BCUT2D eigenvalue weighted by molar-refractivity contribution is 7.85. The molecule has 30 heavy (non-hydrogen) atoms. The molecule has 0 fully saturated rings. The molecule has 1 aromatic carbocycles. The minimum absolute atomic E-state index is 0.178. The van der Waals surface area contributed by atoms with E-state index in [1.807, 2.05) is 6.92 Å². The van der Waals surface area contributed by atoms with Gasteiger partial charge in [0.15, 0.2) is 0 Å². The zero-order valence-corrected chi connectivity index (χ0v) is 20.6. The predicted octanol–water partition coefficient (Wildman–Crippen LogP) is 5.27. The Balaban J connectivity index is 0.000000642. The van der Waals surface area contributed by atoms with Gasteiger partial charge in [0.05, 0.1) is 31.1 Å². The lowest BCUT2D eigenvalue weighted by Gasteiger charge is -2.39. The van der Waals surface area contributed by atoms with Gasteiger partial charge in [-0.2, -0.15) is 0 Å². The summed E-state index contributed by atoms with van der Waals surface area (Å²) in [7, 11) is -4.27. The van der Waals surface area contributed by atoms with E-state index in [-0.39, 0.29) is 4.90 Å². The van der Waals surface area contributed by atoms with Gasteiger partial charge in [-0.05, 0) is 51.2 Å². The average Bonchev–Trinajstić information content (AvgIpc) is 2.70. The van der Waals surface area contributed by atoms with Crippen LogP contribution in [0.2, 0.25) is 0 Å². The van der Waals surface area contributed by atoms with Gasteiger partial charge >= 0.3 is 0 Å². The zero-order chi connectivity index (χ0) is 22.9. The Morgan fingerprint density at radius 2 is 1.23 bits per heavy atom. The van der Waals surface area contributed by atoms with Gasteiger partial charge < -0.3 is 14.1 Å². The molecule has 0 saturated carbocycles. The molecule has 0 heterocycles. The molecule has 0 aliphatic carbocycles. The van der Waals surface area contributed by atoms with E-state index in [9.17, 15) is 18.1 Å². The fourth-order valence-corrected chi connectivity index (χ4v) is 4.12. The van der Waals surface area contributed by atoms with Crippen molar-refractivity contribution < 1.29 is 22.6 Å². The number of unbranched alkanes of at least 4 members (excludes halogenated alkanes) is 6. The second-order valence-corrected chi connectivity index (χ2v) is 9.73. The summed E-state index contributed by atoms with van der Waals surface area (Å²) >= 11 is 0. The Morgan fingerprint density at radius 3 is 1.70 bits per heavy atom. The number of rotatable bonds is 15. The Labute approximate surface area is 185 Å². The van der Waals surface area contributed by atoms with Gasteiger partial charge in [-0.15, -0.1) is 0 Å². The van der Waals surface area contributed by atoms with Crippen molar-refractivity contribution in [2.75, 3.05) is 32.8 Å². The second kappa shape index (κ2) is 16.7. The van der Waals surface area contributed by atoms with Crippen LogP contribution in [0.25, 0.3) is 0 Å². The van der Waals surface area contributed by atoms with Crippen molar-refractivity contribution in [1.29, 1.82) is 0 Å². The van der Waals surface area contributed by atoms with Crippen LogP contribution in [0.4, 0.5) is 0 Å². The standard InChI is InChI=1S/C17H38NO.C7H8O3S/c1-4-7-10-12-15-18(16-17-19,13-9-6-3)14-11-8-5-2;1-6-2-4-7(5-3-6)11(8,9)10/h19H,4-17H2,1-3H3;2-5H,1H3,(H,8,9,10)/q+1;/p-1. The molecule has 6 heteroatoms. The van der Waals surface area contributed by atoms with E-state index in [4.69, 9.17) is 0 Å². The van der Waals surface area contributed by atoms with Crippen LogP contribution in [-0.4, -0.2) is 55.3 Å². The van der Waals surface area contributed by atoms with Gasteiger partial charge in [-0.25, -0.2) is 8.42 Å². The van der Waals surface area contributed by atoms with E-state index in [1.54, 1.807) is 12.1 Å². The van der Waals surface area contributed by atoms with Crippen molar-refractivity contribution in [3.63, 3.8) is 0 Å². The van der Waals surface area contributed by atoms with Gasteiger partial charge in [0.25, 0.3) is 0 Å². The van der Waals surface area contributed by atoms with Crippen molar-refractivity contribution >= 4 is 10.1 Å². The minimum Gasteiger partial charge on any atom is -0.744 e. The normalized spacial score (nSPS) is 13.4. The van der Waals surface area contributed by atoms with Gasteiger partial charge in [0.1, 0.15) is 16.7 Å². The van der Waals surface area contributed by atoms with E-state index < -0.39 is 10.1 Å². The fraction of sp³-hybridized carbons (Fsp3) is 0.750. The molecule has 0 spiro atoms. The zero-order valence-electron chi connectivity index (χ0n) is 19.7. The monoisotopic (exact) mass is 443 g/mol. The summed E-state index contributed by atoms with van der Waals surface area (Å²) in [6.45, 7) is 13.8. The molecule has 1 aromatic rings. The fourth-order valence-electron chi connectivity index (χ4n) is 3.65. The summed E-state index contributed by atoms with van der Waals surface area (Å²) in [6.07, 6.45) is 11.9. The number of quaternary nitrogens is 1. The second-order valence-electron chi connectivity index (χ2n) is 8.35. The number of benzene rings is 1. The van der Waals surface area contributed by atoms with Crippen molar-refractivity contribution in [3.8, 4) is 0 Å². The van der Waals surface area contributed by atoms with Crippen LogP contribution in [0.1, 0.15) is 84.1 Å². The average molecular weight is 444 g/mol. The first-order valence-corrected chi connectivity index (χ1v) is 13.1. The highest BCUT2D eigenvalue weighted by Crippen LogP contribution is 2.16. The van der Waals surface area contributed by atoms with Crippen molar-refractivity contribution in [1.82, 2.24) is 0 Å². The number of aliphatic hydroxyl groups is 1. The van der Waals surface area contributed by atoms with Crippen LogP contribution in [0.3, 0.4) is 0 Å². The lowest BCUT2D eigenvalue weighted by atomic mass is 10.1. The Hall–Kier alpha value is -0.950. The van der Waals surface area contributed by atoms with Crippen LogP contribution in [0.15, 0.2) is 29.2 Å². The quantitative estimate of drug-likeness (QED) is 0.228. The number of hydrogen-bond acceptors (Lipinski definition) is 4. The number of aryl methyl sites for hydroxylation is 1. The topological polar surface area (TPSA) is 77.4 Å². The summed E-state index contributed by atoms with van der Waals surface area (Å²) in [5.74, 6) is 0. The van der Waals surface area contributed by atoms with Gasteiger partial charge in [-0.3, -0.25) is 0 Å². The predicted molar refractivity (Wildman–Crippen MR) is 125 cm³/mol. The van der Waals surface area contributed by atoms with Crippen molar-refractivity contribution in [2.24, 2.45) is 0 Å². The molecule has 176 valence electrons. The Kier molecular flexibility index (Phi) is 16.2. The van der Waals surface area contributed by atoms with Crippen molar-refractivity contribution in [3.05, 3.63) is 29.8 Å². The lowest BCUT2D eigenvalue weighted by Crippen LogP contribution is -2.51. The first-order valence-electron chi connectivity index (χ1n) is 11.7. The highest BCUT2D eigenvalue weighted by Gasteiger charge is 2.25. The van der Waals surface area contributed by atoms with Crippen LogP contribution in [0, 0.1) is 6.92 Å². The molecular formula is C24H45NO4S. The Bertz CT molecular complexity index is 631. The number of hydrogen-bond donors (Lipinski definition) is 1. The largest absolute Gasteiger partial charge is 0.744 e. The minimum atomic E-state index is -4.27. The third-order valence-corrected chi connectivity index (χ3v) is 6.44. The van der Waals surface area contributed by atoms with Gasteiger partial charge in [0.2, 0.25) is 0 Å². The molecule has 0 aromatic heterocycles. The summed E-state index contributed by atoms with van der Waals surface area (Å²) in [4.78, 5) is -0.178. The van der Waals surface area contributed by atoms with E-state index in [0.29, 0.717) is 6.61 Å².